The summed E-state index contributed by atoms with van der Waals surface area (Å²) in [5.74, 6) is 1.07. The van der Waals surface area contributed by atoms with Crippen LogP contribution in [0.2, 0.25) is 0 Å². The summed E-state index contributed by atoms with van der Waals surface area (Å²) in [6.45, 7) is 1.79. The third kappa shape index (κ3) is 3.32. The molecule has 2 unspecified atom stereocenters. The van der Waals surface area contributed by atoms with Gasteiger partial charge in [0, 0.05) is 17.9 Å². The molecule has 2 atom stereocenters. The van der Waals surface area contributed by atoms with Crippen LogP contribution in [0, 0.1) is 0 Å². The number of benzene rings is 1. The molecule has 0 radical (unpaired) electrons. The first-order chi connectivity index (χ1) is 9.33. The molecule has 0 N–H and O–H groups in total. The molecule has 0 spiro atoms. The van der Waals surface area contributed by atoms with Crippen LogP contribution in [0.15, 0.2) is 18.2 Å². The van der Waals surface area contributed by atoms with Crippen LogP contribution in [0.4, 0.5) is 0 Å². The Morgan fingerprint density at radius 3 is 3.05 bits per heavy atom. The summed E-state index contributed by atoms with van der Waals surface area (Å²) >= 11 is 3.82. The van der Waals surface area contributed by atoms with Crippen molar-refractivity contribution in [2.75, 3.05) is 13.2 Å². The molecule has 1 fully saturated rings. The summed E-state index contributed by atoms with van der Waals surface area (Å²) in [6, 6.07) is 6.60. The predicted molar refractivity (Wildman–Crippen MR) is 80.1 cm³/mol. The highest BCUT2D eigenvalue weighted by molar-refractivity contribution is 9.09. The molecule has 104 valence electrons. The minimum atomic E-state index is 0.434. The third-order valence-corrected chi connectivity index (χ3v) is 5.08. The largest absolute Gasteiger partial charge is 0.493 e. The van der Waals surface area contributed by atoms with E-state index in [2.05, 4.69) is 34.1 Å². The van der Waals surface area contributed by atoms with E-state index in [1.807, 2.05) is 0 Å². The average molecular weight is 325 g/mol. The van der Waals surface area contributed by atoms with Gasteiger partial charge in [0.05, 0.1) is 12.7 Å². The van der Waals surface area contributed by atoms with E-state index in [1.54, 1.807) is 0 Å². The van der Waals surface area contributed by atoms with Crippen molar-refractivity contribution in [3.63, 3.8) is 0 Å². The summed E-state index contributed by atoms with van der Waals surface area (Å²) in [7, 11) is 0. The normalized spacial score (nSPS) is 23.7. The van der Waals surface area contributed by atoms with Crippen molar-refractivity contribution >= 4 is 15.9 Å². The van der Waals surface area contributed by atoms with Gasteiger partial charge in [-0.3, -0.25) is 0 Å². The van der Waals surface area contributed by atoms with Crippen molar-refractivity contribution in [1.82, 2.24) is 0 Å². The van der Waals surface area contributed by atoms with Crippen molar-refractivity contribution in [3.8, 4) is 5.75 Å². The molecule has 3 heteroatoms. The fourth-order valence-electron chi connectivity index (χ4n) is 2.94. The Kier molecular flexibility index (Phi) is 4.44. The van der Waals surface area contributed by atoms with Gasteiger partial charge < -0.3 is 9.47 Å². The Morgan fingerprint density at radius 2 is 2.21 bits per heavy atom. The van der Waals surface area contributed by atoms with E-state index in [1.165, 1.54) is 30.4 Å². The molecule has 0 aliphatic carbocycles. The minimum absolute atomic E-state index is 0.434. The van der Waals surface area contributed by atoms with Crippen LogP contribution in [0.1, 0.15) is 48.1 Å². The van der Waals surface area contributed by atoms with Gasteiger partial charge >= 0.3 is 0 Å². The van der Waals surface area contributed by atoms with Crippen molar-refractivity contribution < 1.29 is 9.47 Å². The van der Waals surface area contributed by atoms with Gasteiger partial charge in [0.2, 0.25) is 0 Å². The van der Waals surface area contributed by atoms with Crippen LogP contribution in [0.3, 0.4) is 0 Å². The van der Waals surface area contributed by atoms with Crippen LogP contribution in [-0.4, -0.2) is 19.3 Å². The molecular weight excluding hydrogens is 304 g/mol. The molecule has 2 aliphatic rings. The van der Waals surface area contributed by atoms with Crippen molar-refractivity contribution in [1.29, 1.82) is 0 Å². The molecule has 0 saturated carbocycles. The first-order valence-electron chi connectivity index (χ1n) is 7.34. The molecule has 1 aromatic rings. The number of halogens is 1. The zero-order chi connectivity index (χ0) is 13.1. The Labute approximate surface area is 123 Å². The number of alkyl halides is 1. The first kappa shape index (κ1) is 13.4. The lowest BCUT2D eigenvalue weighted by molar-refractivity contribution is 0.0102. The summed E-state index contributed by atoms with van der Waals surface area (Å²) in [6.07, 6.45) is 7.62. The van der Waals surface area contributed by atoms with Gasteiger partial charge in [-0.1, -0.05) is 28.1 Å². The maximum Gasteiger partial charge on any atom is 0.122 e. The lowest BCUT2D eigenvalue weighted by atomic mass is 9.99. The number of fused-ring (bicyclic) bond motifs is 1. The number of ether oxygens (including phenoxy) is 2. The zero-order valence-electron chi connectivity index (χ0n) is 11.2. The van der Waals surface area contributed by atoms with E-state index in [-0.39, 0.29) is 0 Å². The van der Waals surface area contributed by atoms with Crippen LogP contribution in [0.5, 0.6) is 5.75 Å². The summed E-state index contributed by atoms with van der Waals surface area (Å²) in [5, 5.41) is 0. The minimum Gasteiger partial charge on any atom is -0.493 e. The molecule has 1 saturated heterocycles. The smallest absolute Gasteiger partial charge is 0.122 e. The Bertz CT molecular complexity index is 427. The molecule has 3 rings (SSSR count). The molecule has 1 aromatic carbocycles. The summed E-state index contributed by atoms with van der Waals surface area (Å²) in [4.78, 5) is 0.434. The van der Waals surface area contributed by atoms with Gasteiger partial charge in [0.25, 0.3) is 0 Å². The second-order valence-corrected chi connectivity index (χ2v) is 6.60. The van der Waals surface area contributed by atoms with E-state index < -0.39 is 0 Å². The molecule has 0 bridgehead atoms. The van der Waals surface area contributed by atoms with E-state index in [9.17, 15) is 0 Å². The average Bonchev–Trinajstić information content (AvgIpc) is 2.93. The second-order valence-electron chi connectivity index (χ2n) is 5.50. The number of hydrogen-bond acceptors (Lipinski definition) is 2. The third-order valence-electron chi connectivity index (χ3n) is 4.09. The lowest BCUT2D eigenvalue weighted by Crippen LogP contribution is -2.19. The predicted octanol–water partition coefficient (Wildman–Crippen LogP) is 4.41. The van der Waals surface area contributed by atoms with Crippen molar-refractivity contribution in [2.45, 2.75) is 49.5 Å². The van der Waals surface area contributed by atoms with Crippen molar-refractivity contribution in [3.05, 3.63) is 29.3 Å². The van der Waals surface area contributed by atoms with Gasteiger partial charge in [0.15, 0.2) is 0 Å². The van der Waals surface area contributed by atoms with E-state index in [0.717, 1.165) is 38.2 Å². The van der Waals surface area contributed by atoms with Gasteiger partial charge in [-0.15, -0.1) is 0 Å². The molecule has 0 aromatic heterocycles. The highest BCUT2D eigenvalue weighted by Gasteiger charge is 2.18. The van der Waals surface area contributed by atoms with E-state index in [0.29, 0.717) is 10.9 Å². The second kappa shape index (κ2) is 6.27. The van der Waals surface area contributed by atoms with Crippen LogP contribution in [0.25, 0.3) is 0 Å². The maximum absolute atomic E-state index is 5.80. The highest BCUT2D eigenvalue weighted by atomic mass is 79.9. The lowest BCUT2D eigenvalue weighted by Gasteiger charge is -2.23. The van der Waals surface area contributed by atoms with E-state index in [4.69, 9.17) is 9.47 Å². The fraction of sp³-hybridized carbons (Fsp3) is 0.625. The van der Waals surface area contributed by atoms with E-state index >= 15 is 0 Å². The van der Waals surface area contributed by atoms with Gasteiger partial charge in [0.1, 0.15) is 5.75 Å². The molecule has 19 heavy (non-hydrogen) atoms. The van der Waals surface area contributed by atoms with Crippen molar-refractivity contribution in [2.24, 2.45) is 0 Å². The SMILES string of the molecule is BrC(CCC1CCCCO1)c1ccc2c(c1)CCO2. The van der Waals surface area contributed by atoms with Gasteiger partial charge in [-0.2, -0.15) is 0 Å². The number of hydrogen-bond donors (Lipinski definition) is 0. The Hall–Kier alpha value is -0.540. The van der Waals surface area contributed by atoms with Crippen LogP contribution < -0.4 is 4.74 Å². The molecular formula is C16H21BrO2. The number of rotatable bonds is 4. The molecule has 2 heterocycles. The van der Waals surface area contributed by atoms with Crippen LogP contribution >= 0.6 is 15.9 Å². The van der Waals surface area contributed by atoms with Gasteiger partial charge in [-0.25, -0.2) is 0 Å². The Morgan fingerprint density at radius 1 is 1.26 bits per heavy atom. The monoisotopic (exact) mass is 324 g/mol. The standard InChI is InChI=1S/C16H21BrO2/c17-15(6-5-14-3-1-2-9-18-14)12-4-7-16-13(11-12)8-10-19-16/h4,7,11,14-15H,1-3,5-6,8-10H2. The summed E-state index contributed by atoms with van der Waals surface area (Å²) < 4.78 is 11.4. The Balaban J connectivity index is 1.56. The maximum atomic E-state index is 5.80. The van der Waals surface area contributed by atoms with Crippen LogP contribution in [-0.2, 0) is 11.2 Å². The molecule has 0 amide bonds. The topological polar surface area (TPSA) is 18.5 Å². The first-order valence-corrected chi connectivity index (χ1v) is 8.26. The fourth-order valence-corrected chi connectivity index (χ4v) is 3.48. The molecule has 2 nitrogen and oxygen atoms in total. The summed E-state index contributed by atoms with van der Waals surface area (Å²) in [5.41, 5.74) is 2.73. The molecule has 2 aliphatic heterocycles. The highest BCUT2D eigenvalue weighted by Crippen LogP contribution is 2.34. The quantitative estimate of drug-likeness (QED) is 0.764. The van der Waals surface area contributed by atoms with Gasteiger partial charge in [-0.05, 0) is 49.3 Å². The zero-order valence-corrected chi connectivity index (χ0v) is 12.8.